The Morgan fingerprint density at radius 2 is 1.94 bits per heavy atom. The molecule has 3 aliphatic rings. The molecule has 1 saturated heterocycles. The molecule has 0 N–H and O–H groups in total. The van der Waals surface area contributed by atoms with Gasteiger partial charge >= 0.3 is 0 Å². The molecule has 3 fully saturated rings. The highest BCUT2D eigenvalue weighted by Crippen LogP contribution is 2.37. The van der Waals surface area contributed by atoms with Gasteiger partial charge in [-0.25, -0.2) is 0 Å². The van der Waals surface area contributed by atoms with Gasteiger partial charge in [0.1, 0.15) is 5.78 Å². The summed E-state index contributed by atoms with van der Waals surface area (Å²) in [6.07, 6.45) is 11.5. The van der Waals surface area contributed by atoms with Gasteiger partial charge in [-0.2, -0.15) is 0 Å². The fourth-order valence-corrected chi connectivity index (χ4v) is 4.35. The van der Waals surface area contributed by atoms with E-state index in [2.05, 4.69) is 4.90 Å². The van der Waals surface area contributed by atoms with Crippen molar-refractivity contribution in [2.45, 2.75) is 63.8 Å². The summed E-state index contributed by atoms with van der Waals surface area (Å²) < 4.78 is 0. The molecule has 0 radical (unpaired) electrons. The highest BCUT2D eigenvalue weighted by molar-refractivity contribution is 5.82. The summed E-state index contributed by atoms with van der Waals surface area (Å²) in [4.78, 5) is 14.4. The predicted molar refractivity (Wildman–Crippen MR) is 68.9 cm³/mol. The van der Waals surface area contributed by atoms with Crippen molar-refractivity contribution in [1.29, 1.82) is 0 Å². The predicted octanol–water partition coefficient (Wildman–Crippen LogP) is 3.01. The normalized spacial score (nSPS) is 38.6. The third-order valence-corrected chi connectivity index (χ3v) is 5.30. The first-order valence-corrected chi connectivity index (χ1v) is 7.61. The summed E-state index contributed by atoms with van der Waals surface area (Å²) in [5.41, 5.74) is 0. The van der Waals surface area contributed by atoms with E-state index in [1.807, 2.05) is 0 Å². The Morgan fingerprint density at radius 1 is 1.06 bits per heavy atom. The van der Waals surface area contributed by atoms with E-state index in [4.69, 9.17) is 0 Å². The maximum atomic E-state index is 11.7. The number of nitrogens with zero attached hydrogens (tertiary/aromatic N) is 1. The lowest BCUT2D eigenvalue weighted by Gasteiger charge is -2.38. The van der Waals surface area contributed by atoms with Crippen molar-refractivity contribution in [3.63, 3.8) is 0 Å². The van der Waals surface area contributed by atoms with Crippen LogP contribution in [-0.4, -0.2) is 29.8 Å². The van der Waals surface area contributed by atoms with Gasteiger partial charge in [0, 0.05) is 18.4 Å². The molecule has 0 amide bonds. The van der Waals surface area contributed by atoms with E-state index in [1.165, 1.54) is 51.6 Å². The first-order chi connectivity index (χ1) is 8.34. The second kappa shape index (κ2) is 5.09. The molecule has 3 rings (SSSR count). The monoisotopic (exact) mass is 235 g/mol. The minimum atomic E-state index is 0.414. The molecule has 2 aliphatic carbocycles. The van der Waals surface area contributed by atoms with E-state index in [9.17, 15) is 4.79 Å². The van der Waals surface area contributed by atoms with Crippen LogP contribution in [-0.2, 0) is 4.79 Å². The zero-order valence-corrected chi connectivity index (χ0v) is 10.9. The van der Waals surface area contributed by atoms with Gasteiger partial charge in [-0.3, -0.25) is 4.79 Å². The number of fused-ring (bicyclic) bond motifs is 1. The molecule has 0 bridgehead atoms. The second-order valence-corrected chi connectivity index (χ2v) is 6.28. The van der Waals surface area contributed by atoms with Crippen molar-refractivity contribution in [3.8, 4) is 0 Å². The number of Topliss-reactive ketones (excluding diaryl/α,β-unsaturated/α-hetero) is 1. The molecular formula is C15H25NO. The lowest BCUT2D eigenvalue weighted by atomic mass is 9.91. The molecule has 96 valence electrons. The Morgan fingerprint density at radius 3 is 2.76 bits per heavy atom. The fraction of sp³-hybridized carbons (Fsp3) is 0.933. The Hall–Kier alpha value is -0.370. The Bertz CT molecular complexity index is 289. The maximum Gasteiger partial charge on any atom is 0.136 e. The van der Waals surface area contributed by atoms with Crippen molar-refractivity contribution in [2.24, 2.45) is 11.8 Å². The van der Waals surface area contributed by atoms with Crippen molar-refractivity contribution >= 4 is 5.78 Å². The van der Waals surface area contributed by atoms with Crippen LogP contribution in [0.15, 0.2) is 0 Å². The van der Waals surface area contributed by atoms with E-state index in [1.54, 1.807) is 0 Å². The zero-order chi connectivity index (χ0) is 11.7. The summed E-state index contributed by atoms with van der Waals surface area (Å²) in [5.74, 6) is 1.95. The van der Waals surface area contributed by atoms with Gasteiger partial charge in [0.2, 0.25) is 0 Å². The number of ketones is 1. The lowest BCUT2D eigenvalue weighted by molar-refractivity contribution is -0.121. The average Bonchev–Trinajstić information content (AvgIpc) is 2.95. The molecule has 17 heavy (non-hydrogen) atoms. The van der Waals surface area contributed by atoms with Crippen LogP contribution in [0.1, 0.15) is 57.8 Å². The topological polar surface area (TPSA) is 20.3 Å². The number of piperidine rings is 1. The van der Waals surface area contributed by atoms with Gasteiger partial charge < -0.3 is 4.90 Å². The molecule has 1 heterocycles. The van der Waals surface area contributed by atoms with Crippen LogP contribution >= 0.6 is 0 Å². The third kappa shape index (κ3) is 2.42. The Kier molecular flexibility index (Phi) is 3.51. The molecule has 3 unspecified atom stereocenters. The summed E-state index contributed by atoms with van der Waals surface area (Å²) in [5, 5.41) is 0. The van der Waals surface area contributed by atoms with Gasteiger partial charge in [0.25, 0.3) is 0 Å². The number of rotatable bonds is 3. The van der Waals surface area contributed by atoms with E-state index in [-0.39, 0.29) is 0 Å². The highest BCUT2D eigenvalue weighted by atomic mass is 16.1. The van der Waals surface area contributed by atoms with Gasteiger partial charge in [0.05, 0.1) is 0 Å². The minimum absolute atomic E-state index is 0.414. The summed E-state index contributed by atoms with van der Waals surface area (Å²) in [6, 6.07) is 0.875. The van der Waals surface area contributed by atoms with Crippen LogP contribution in [0.4, 0.5) is 0 Å². The van der Waals surface area contributed by atoms with E-state index in [0.717, 1.165) is 31.2 Å². The Balaban J connectivity index is 1.52. The van der Waals surface area contributed by atoms with E-state index >= 15 is 0 Å². The highest BCUT2D eigenvalue weighted by Gasteiger charge is 2.35. The molecule has 2 saturated carbocycles. The summed E-state index contributed by atoms with van der Waals surface area (Å²) >= 11 is 0. The first-order valence-electron chi connectivity index (χ1n) is 7.61. The van der Waals surface area contributed by atoms with Crippen LogP contribution in [0, 0.1) is 11.8 Å². The molecule has 0 aromatic rings. The summed E-state index contributed by atoms with van der Waals surface area (Å²) in [6.45, 7) is 2.49. The molecule has 2 heteroatoms. The van der Waals surface area contributed by atoms with E-state index < -0.39 is 0 Å². The number of hydrogen-bond acceptors (Lipinski definition) is 2. The molecule has 0 aromatic carbocycles. The standard InChI is InChI=1S/C15H25NO/c17-15-8-2-5-13(15)9-11-16-10-3-6-12-4-1-7-14(12)16/h12-14H,1-11H2. The van der Waals surface area contributed by atoms with Gasteiger partial charge in [-0.15, -0.1) is 0 Å². The van der Waals surface area contributed by atoms with Crippen LogP contribution in [0.2, 0.25) is 0 Å². The van der Waals surface area contributed by atoms with Crippen LogP contribution in [0.3, 0.4) is 0 Å². The summed E-state index contributed by atoms with van der Waals surface area (Å²) in [7, 11) is 0. The SMILES string of the molecule is O=C1CCCC1CCN1CCCC2CCCC21. The van der Waals surface area contributed by atoms with Crippen molar-refractivity contribution in [2.75, 3.05) is 13.1 Å². The number of likely N-dealkylation sites (tertiary alicyclic amines) is 1. The molecule has 2 nitrogen and oxygen atoms in total. The fourth-order valence-electron chi connectivity index (χ4n) is 4.35. The Labute approximate surface area is 105 Å². The van der Waals surface area contributed by atoms with Crippen LogP contribution in [0.5, 0.6) is 0 Å². The maximum absolute atomic E-state index is 11.7. The van der Waals surface area contributed by atoms with E-state index in [0.29, 0.717) is 11.7 Å². The smallest absolute Gasteiger partial charge is 0.136 e. The largest absolute Gasteiger partial charge is 0.300 e. The average molecular weight is 235 g/mol. The van der Waals surface area contributed by atoms with Gasteiger partial charge in [-0.1, -0.05) is 6.42 Å². The lowest BCUT2D eigenvalue weighted by Crippen LogP contribution is -2.43. The molecular weight excluding hydrogens is 210 g/mol. The third-order valence-electron chi connectivity index (χ3n) is 5.30. The second-order valence-electron chi connectivity index (χ2n) is 6.28. The number of carbonyl (C=O) groups is 1. The van der Waals surface area contributed by atoms with Gasteiger partial charge in [0.15, 0.2) is 0 Å². The quantitative estimate of drug-likeness (QED) is 0.749. The van der Waals surface area contributed by atoms with Crippen LogP contribution < -0.4 is 0 Å². The first kappa shape index (κ1) is 11.7. The van der Waals surface area contributed by atoms with Crippen molar-refractivity contribution < 1.29 is 4.79 Å². The van der Waals surface area contributed by atoms with Crippen molar-refractivity contribution in [3.05, 3.63) is 0 Å². The molecule has 0 aromatic heterocycles. The molecule has 1 aliphatic heterocycles. The number of hydrogen-bond donors (Lipinski definition) is 0. The minimum Gasteiger partial charge on any atom is -0.300 e. The number of carbonyl (C=O) groups excluding carboxylic acids is 1. The van der Waals surface area contributed by atoms with Crippen molar-refractivity contribution in [1.82, 2.24) is 4.90 Å². The van der Waals surface area contributed by atoms with Crippen LogP contribution in [0.25, 0.3) is 0 Å². The van der Waals surface area contributed by atoms with Gasteiger partial charge in [-0.05, 0) is 64.0 Å². The zero-order valence-electron chi connectivity index (χ0n) is 10.9. The molecule has 3 atom stereocenters. The molecule has 0 spiro atoms.